The number of non-ortho nitro benzene ring substituents is 1. The quantitative estimate of drug-likeness (QED) is 0.116. The summed E-state index contributed by atoms with van der Waals surface area (Å²) in [6, 6.07) is 25.3. The van der Waals surface area contributed by atoms with Crippen LogP contribution in [0.3, 0.4) is 0 Å². The third-order valence-electron chi connectivity index (χ3n) is 8.90. The van der Waals surface area contributed by atoms with Crippen LogP contribution < -0.4 is 9.64 Å². The molecule has 43 heavy (non-hydrogen) atoms. The number of Topliss-reactive ketones (excluding diaryl/α,β-unsaturated/α-hetero) is 3. The smallest absolute Gasteiger partial charge is 0.269 e. The van der Waals surface area contributed by atoms with Crippen LogP contribution in [0.2, 0.25) is 0 Å². The highest BCUT2D eigenvalue weighted by molar-refractivity contribution is 6.32. The number of ketones is 3. The summed E-state index contributed by atoms with van der Waals surface area (Å²) < 4.78 is 6.05. The second-order valence-corrected chi connectivity index (χ2v) is 10.9. The summed E-state index contributed by atoms with van der Waals surface area (Å²) in [6.07, 6.45) is 3.77. The van der Waals surface area contributed by atoms with E-state index < -0.39 is 28.3 Å². The number of ether oxygens (including phenoxy) is 1. The largest absolute Gasteiger partial charge is 0.494 e. The van der Waals surface area contributed by atoms with E-state index in [1.165, 1.54) is 24.3 Å². The van der Waals surface area contributed by atoms with Crippen molar-refractivity contribution in [1.82, 2.24) is 0 Å². The van der Waals surface area contributed by atoms with Crippen molar-refractivity contribution in [3.8, 4) is 5.75 Å². The van der Waals surface area contributed by atoms with Crippen LogP contribution in [0.15, 0.2) is 103 Å². The summed E-state index contributed by atoms with van der Waals surface area (Å²) >= 11 is 0. The highest BCUT2D eigenvalue weighted by Gasteiger charge is 2.71. The molecule has 0 unspecified atom stereocenters. The first-order chi connectivity index (χ1) is 20.9. The summed E-state index contributed by atoms with van der Waals surface area (Å²) in [5.74, 6) is -1.46. The molecule has 8 heteroatoms. The van der Waals surface area contributed by atoms with Crippen LogP contribution in [0.5, 0.6) is 5.75 Å². The zero-order chi connectivity index (χ0) is 29.9. The summed E-state index contributed by atoms with van der Waals surface area (Å²) in [6.45, 7) is 2.19. The van der Waals surface area contributed by atoms with Crippen LogP contribution in [-0.2, 0) is 0 Å². The Morgan fingerprint density at radius 3 is 2.19 bits per heavy atom. The minimum atomic E-state index is -1.66. The van der Waals surface area contributed by atoms with Crippen molar-refractivity contribution >= 4 is 34.8 Å². The third kappa shape index (κ3) is 3.65. The van der Waals surface area contributed by atoms with E-state index in [-0.39, 0.29) is 28.6 Å². The molecular formula is C35H26N2O6. The Kier molecular flexibility index (Phi) is 6.09. The molecule has 0 aromatic heterocycles. The molecule has 1 aliphatic carbocycles. The van der Waals surface area contributed by atoms with Gasteiger partial charge in [0.1, 0.15) is 17.2 Å². The number of nitro groups is 1. The summed E-state index contributed by atoms with van der Waals surface area (Å²) in [5.41, 5.74) is 1.27. The summed E-state index contributed by atoms with van der Waals surface area (Å²) in [7, 11) is 0. The minimum absolute atomic E-state index is 0.140. The van der Waals surface area contributed by atoms with Crippen molar-refractivity contribution in [3.63, 3.8) is 0 Å². The topological polar surface area (TPSA) is 107 Å². The van der Waals surface area contributed by atoms with Gasteiger partial charge in [-0.15, -0.1) is 0 Å². The lowest BCUT2D eigenvalue weighted by atomic mass is 9.64. The Morgan fingerprint density at radius 1 is 0.884 bits per heavy atom. The number of hydrogen-bond donors (Lipinski definition) is 0. The lowest BCUT2D eigenvalue weighted by Crippen LogP contribution is -2.48. The normalized spacial score (nSPS) is 21.0. The molecule has 3 aliphatic rings. The Bertz CT molecular complexity index is 1830. The number of hydrogen-bond acceptors (Lipinski definition) is 7. The maximum Gasteiger partial charge on any atom is 0.269 e. The molecular weight excluding hydrogens is 544 g/mol. The van der Waals surface area contributed by atoms with E-state index in [0.29, 0.717) is 29.0 Å². The summed E-state index contributed by atoms with van der Waals surface area (Å²) in [5, 5.41) is 11.4. The van der Waals surface area contributed by atoms with Gasteiger partial charge in [-0.1, -0.05) is 72.8 Å². The van der Waals surface area contributed by atoms with Crippen LogP contribution in [0.4, 0.5) is 11.4 Å². The molecule has 0 bridgehead atoms. The maximum atomic E-state index is 14.8. The molecule has 4 aromatic rings. The first-order valence-electron chi connectivity index (χ1n) is 14.1. The van der Waals surface area contributed by atoms with E-state index in [1.807, 2.05) is 66.4 Å². The Balaban J connectivity index is 1.54. The van der Waals surface area contributed by atoms with Crippen LogP contribution in [0, 0.1) is 15.5 Å². The number of rotatable bonds is 6. The highest BCUT2D eigenvalue weighted by Crippen LogP contribution is 2.62. The summed E-state index contributed by atoms with van der Waals surface area (Å²) in [4.78, 5) is 57.1. The fourth-order valence-electron chi connectivity index (χ4n) is 7.20. The molecule has 1 spiro atoms. The Hall–Kier alpha value is -5.37. The fraction of sp³-hybridized carbons (Fsp3) is 0.171. The van der Waals surface area contributed by atoms with Gasteiger partial charge in [-0.3, -0.25) is 24.5 Å². The number of nitro benzene ring substituents is 1. The molecule has 7 rings (SSSR count). The molecule has 0 saturated carbocycles. The van der Waals surface area contributed by atoms with Gasteiger partial charge in [0.15, 0.2) is 17.3 Å². The SMILES string of the molecule is CCOc1ccccc1[C@@H]1[C@@H](C(=O)c2ccc([N+](=O)[O-])cc2)N2c3ccccc3C=C[C@H]2C12C(=O)c1ccccc1C2=O. The van der Waals surface area contributed by atoms with E-state index in [9.17, 15) is 24.5 Å². The van der Waals surface area contributed by atoms with Gasteiger partial charge in [0.2, 0.25) is 0 Å². The highest BCUT2D eigenvalue weighted by atomic mass is 16.6. The fourth-order valence-corrected chi connectivity index (χ4v) is 7.20. The number of fused-ring (bicyclic) bond motifs is 5. The van der Waals surface area contributed by atoms with E-state index in [4.69, 9.17) is 4.74 Å². The third-order valence-corrected chi connectivity index (χ3v) is 8.90. The zero-order valence-corrected chi connectivity index (χ0v) is 23.2. The minimum Gasteiger partial charge on any atom is -0.494 e. The Labute approximate surface area is 247 Å². The lowest BCUT2D eigenvalue weighted by molar-refractivity contribution is -0.384. The van der Waals surface area contributed by atoms with Crippen LogP contribution >= 0.6 is 0 Å². The first kappa shape index (κ1) is 26.5. The van der Waals surface area contributed by atoms with E-state index in [2.05, 4.69) is 0 Å². The second-order valence-electron chi connectivity index (χ2n) is 10.9. The number of anilines is 1. The van der Waals surface area contributed by atoms with Crippen LogP contribution in [0.25, 0.3) is 6.08 Å². The van der Waals surface area contributed by atoms with Gasteiger partial charge < -0.3 is 9.64 Å². The molecule has 3 atom stereocenters. The molecule has 0 amide bonds. The monoisotopic (exact) mass is 570 g/mol. The lowest BCUT2D eigenvalue weighted by Gasteiger charge is -2.37. The molecule has 0 N–H and O–H groups in total. The average Bonchev–Trinajstić information content (AvgIpc) is 3.47. The molecule has 2 aliphatic heterocycles. The Morgan fingerprint density at radius 2 is 1.51 bits per heavy atom. The molecule has 0 radical (unpaired) electrons. The van der Waals surface area contributed by atoms with Gasteiger partial charge in [-0.2, -0.15) is 0 Å². The average molecular weight is 571 g/mol. The number of carbonyl (C=O) groups is 3. The predicted octanol–water partition coefficient (Wildman–Crippen LogP) is 6.31. The standard InChI is InChI=1S/C35H26N2O6/c1-2-43-28-14-8-6-12-26(28)30-31(32(38)22-15-18-23(19-16-22)37(41)42)36-27-13-7-3-9-21(27)17-20-29(36)35(30)33(39)24-10-4-5-11-25(24)34(35)40/h3-20,29-31H,2H2,1H3/t29-,30+,31-/m0/s1. The number of para-hydroxylation sites is 2. The van der Waals surface area contributed by atoms with Crippen molar-refractivity contribution in [2.75, 3.05) is 11.5 Å². The molecule has 1 fully saturated rings. The maximum absolute atomic E-state index is 14.8. The van der Waals surface area contributed by atoms with Crippen molar-refractivity contribution in [3.05, 3.63) is 141 Å². The van der Waals surface area contributed by atoms with Gasteiger partial charge in [0.05, 0.1) is 17.6 Å². The molecule has 4 aromatic carbocycles. The number of nitrogens with zero attached hydrogens (tertiary/aromatic N) is 2. The van der Waals surface area contributed by atoms with E-state index in [1.54, 1.807) is 30.3 Å². The van der Waals surface area contributed by atoms with Crippen molar-refractivity contribution < 1.29 is 24.0 Å². The van der Waals surface area contributed by atoms with E-state index in [0.717, 1.165) is 11.3 Å². The molecule has 1 saturated heterocycles. The first-order valence-corrected chi connectivity index (χ1v) is 14.1. The van der Waals surface area contributed by atoms with Crippen molar-refractivity contribution in [2.45, 2.75) is 24.9 Å². The second kappa shape index (κ2) is 9.87. The van der Waals surface area contributed by atoms with Crippen molar-refractivity contribution in [2.24, 2.45) is 5.41 Å². The van der Waals surface area contributed by atoms with Gasteiger partial charge in [-0.25, -0.2) is 0 Å². The predicted molar refractivity (Wildman–Crippen MR) is 161 cm³/mol. The molecule has 8 nitrogen and oxygen atoms in total. The van der Waals surface area contributed by atoms with Gasteiger partial charge in [-0.05, 0) is 36.8 Å². The molecule has 2 heterocycles. The zero-order valence-electron chi connectivity index (χ0n) is 23.2. The van der Waals surface area contributed by atoms with Gasteiger partial charge in [0, 0.05) is 46.0 Å². The van der Waals surface area contributed by atoms with Crippen LogP contribution in [-0.4, -0.2) is 41.0 Å². The van der Waals surface area contributed by atoms with E-state index >= 15 is 0 Å². The number of carbonyl (C=O) groups excluding carboxylic acids is 3. The number of benzene rings is 4. The van der Waals surface area contributed by atoms with Crippen molar-refractivity contribution in [1.29, 1.82) is 0 Å². The molecule has 212 valence electrons. The van der Waals surface area contributed by atoms with Gasteiger partial charge in [0.25, 0.3) is 5.69 Å². The van der Waals surface area contributed by atoms with Gasteiger partial charge >= 0.3 is 0 Å². The van der Waals surface area contributed by atoms with Crippen LogP contribution in [0.1, 0.15) is 55.0 Å².